The Balaban J connectivity index is 0.000000140. The lowest BCUT2D eigenvalue weighted by Gasteiger charge is -1.82. The minimum absolute atomic E-state index is 1.24. The van der Waals surface area contributed by atoms with Crippen LogP contribution in [0.2, 0.25) is 0 Å². The van der Waals surface area contributed by atoms with Crippen LogP contribution in [0.3, 0.4) is 0 Å². The van der Waals surface area contributed by atoms with Gasteiger partial charge in [-0.05, 0) is 10.6 Å². The van der Waals surface area contributed by atoms with Crippen molar-refractivity contribution in [2.24, 2.45) is 0 Å². The zero-order valence-electron chi connectivity index (χ0n) is 7.93. The summed E-state index contributed by atoms with van der Waals surface area (Å²) in [6, 6.07) is 20.3. The van der Waals surface area contributed by atoms with E-state index in [2.05, 4.69) is 18.5 Å². The summed E-state index contributed by atoms with van der Waals surface area (Å²) in [5, 5.41) is 2.48. The topological polar surface area (TPSA) is 0 Å². The maximum atomic E-state index is 2.63. The smallest absolute Gasteiger partial charge is 0.0303 e. The molecule has 2 aromatic rings. The highest BCUT2D eigenvalue weighted by atomic mass is 31.0. The highest BCUT2D eigenvalue weighted by Gasteiger charge is 1.72. The van der Waals surface area contributed by atoms with Gasteiger partial charge in [0.1, 0.15) is 0 Å². The Morgan fingerprint density at radius 1 is 0.500 bits per heavy atom. The Labute approximate surface area is 90.2 Å². The summed E-state index contributed by atoms with van der Waals surface area (Å²) < 4.78 is 0. The number of rotatable bonds is 0. The van der Waals surface area contributed by atoms with Gasteiger partial charge in [-0.2, -0.15) is 0 Å². The largest absolute Gasteiger partial charge is 0.106 e. The van der Waals surface area contributed by atoms with Crippen LogP contribution in [-0.4, -0.2) is 0 Å². The predicted molar refractivity (Wildman–Crippen MR) is 71.6 cm³/mol. The summed E-state index contributed by atoms with van der Waals surface area (Å²) in [7, 11) is 5.26. The average Bonchev–Trinajstić information content (AvgIpc) is 2.21. The van der Waals surface area contributed by atoms with Gasteiger partial charge in [-0.25, -0.2) is 0 Å². The van der Waals surface area contributed by atoms with Crippen LogP contribution in [0.25, 0.3) is 0 Å². The summed E-state index contributed by atoms with van der Waals surface area (Å²) >= 11 is 0. The Bertz CT molecular complexity index is 306. The molecule has 0 aromatic heterocycles. The minimum atomic E-state index is 1.24. The fourth-order valence-electron chi connectivity index (χ4n) is 0.906. The predicted octanol–water partition coefficient (Wildman–Crippen LogP) is 2.37. The molecule has 0 heterocycles. The normalized spacial score (nSPS) is 8.71. The molecule has 2 unspecified atom stereocenters. The molecule has 0 fully saturated rings. The van der Waals surface area contributed by atoms with E-state index in [1.54, 1.807) is 0 Å². The molecule has 0 saturated heterocycles. The molecule has 2 atom stereocenters. The van der Waals surface area contributed by atoms with Crippen molar-refractivity contribution in [1.82, 2.24) is 0 Å². The second-order valence-electron chi connectivity index (χ2n) is 2.82. The van der Waals surface area contributed by atoms with E-state index in [1.807, 2.05) is 60.7 Å². The van der Waals surface area contributed by atoms with Crippen molar-refractivity contribution in [2.45, 2.75) is 0 Å². The van der Waals surface area contributed by atoms with Gasteiger partial charge in [0.15, 0.2) is 0 Å². The molecule has 0 N–H and O–H groups in total. The van der Waals surface area contributed by atoms with Crippen LogP contribution >= 0.6 is 18.5 Å². The zero-order valence-corrected chi connectivity index (χ0v) is 10.2. The van der Waals surface area contributed by atoms with E-state index in [0.717, 1.165) is 0 Å². The van der Waals surface area contributed by atoms with Crippen molar-refractivity contribution in [2.75, 3.05) is 0 Å². The third-order valence-electron chi connectivity index (χ3n) is 1.60. The van der Waals surface area contributed by atoms with Gasteiger partial charge in [-0.3, -0.25) is 0 Å². The lowest BCUT2D eigenvalue weighted by Crippen LogP contribution is -1.82. The first-order valence-electron chi connectivity index (χ1n) is 4.40. The molecule has 0 bridgehead atoms. The van der Waals surface area contributed by atoms with Crippen molar-refractivity contribution >= 4 is 29.1 Å². The standard InChI is InChI=1S/2C6H7P/c2*7-6-4-2-1-3-5-6/h2*1-5H,7H2. The van der Waals surface area contributed by atoms with Gasteiger partial charge in [0.25, 0.3) is 0 Å². The Hall–Kier alpha value is -0.700. The van der Waals surface area contributed by atoms with Crippen LogP contribution in [0.4, 0.5) is 0 Å². The van der Waals surface area contributed by atoms with Crippen molar-refractivity contribution in [3.8, 4) is 0 Å². The molecular formula is C12H14P2. The van der Waals surface area contributed by atoms with Crippen LogP contribution in [0.15, 0.2) is 60.7 Å². The summed E-state index contributed by atoms with van der Waals surface area (Å²) in [5.41, 5.74) is 0. The second-order valence-corrected chi connectivity index (χ2v) is 4.15. The van der Waals surface area contributed by atoms with E-state index in [0.29, 0.717) is 0 Å². The Morgan fingerprint density at radius 3 is 0.929 bits per heavy atom. The second kappa shape index (κ2) is 6.71. The fraction of sp³-hybridized carbons (Fsp3) is 0. The van der Waals surface area contributed by atoms with Crippen molar-refractivity contribution in [3.05, 3.63) is 60.7 Å². The average molecular weight is 220 g/mol. The maximum absolute atomic E-state index is 2.63. The summed E-state index contributed by atoms with van der Waals surface area (Å²) in [5.74, 6) is 0. The van der Waals surface area contributed by atoms with Crippen molar-refractivity contribution < 1.29 is 0 Å². The van der Waals surface area contributed by atoms with E-state index >= 15 is 0 Å². The first-order valence-corrected chi connectivity index (χ1v) is 5.55. The van der Waals surface area contributed by atoms with E-state index in [-0.39, 0.29) is 0 Å². The van der Waals surface area contributed by atoms with Crippen LogP contribution in [0.5, 0.6) is 0 Å². The molecule has 0 nitrogen and oxygen atoms in total. The molecule has 0 amide bonds. The lowest BCUT2D eigenvalue weighted by atomic mass is 10.4. The van der Waals surface area contributed by atoms with Crippen molar-refractivity contribution in [1.29, 1.82) is 0 Å². The number of hydrogen-bond donors (Lipinski definition) is 0. The highest BCUT2D eigenvalue weighted by Crippen LogP contribution is 1.86. The first-order chi connectivity index (χ1) is 6.79. The summed E-state index contributed by atoms with van der Waals surface area (Å²) in [6.07, 6.45) is 0. The lowest BCUT2D eigenvalue weighted by molar-refractivity contribution is 1.78. The SMILES string of the molecule is Pc1ccccc1.Pc1ccccc1. The molecule has 2 heteroatoms. The third-order valence-corrected chi connectivity index (χ3v) is 2.37. The molecule has 0 aliphatic heterocycles. The van der Waals surface area contributed by atoms with Gasteiger partial charge in [-0.15, -0.1) is 18.5 Å². The molecule has 0 aliphatic carbocycles. The Morgan fingerprint density at radius 2 is 0.786 bits per heavy atom. The number of benzene rings is 2. The fourth-order valence-corrected chi connectivity index (χ4v) is 1.35. The van der Waals surface area contributed by atoms with Crippen LogP contribution in [-0.2, 0) is 0 Å². The first kappa shape index (κ1) is 11.4. The van der Waals surface area contributed by atoms with Gasteiger partial charge < -0.3 is 0 Å². The van der Waals surface area contributed by atoms with Gasteiger partial charge in [-0.1, -0.05) is 60.7 Å². The highest BCUT2D eigenvalue weighted by molar-refractivity contribution is 7.27. The van der Waals surface area contributed by atoms with Crippen LogP contribution < -0.4 is 10.6 Å². The quantitative estimate of drug-likeness (QED) is 0.598. The van der Waals surface area contributed by atoms with Gasteiger partial charge in [0.2, 0.25) is 0 Å². The minimum Gasteiger partial charge on any atom is -0.106 e. The van der Waals surface area contributed by atoms with E-state index in [1.165, 1.54) is 10.6 Å². The van der Waals surface area contributed by atoms with E-state index in [9.17, 15) is 0 Å². The molecule has 0 saturated carbocycles. The molecular weight excluding hydrogens is 206 g/mol. The maximum Gasteiger partial charge on any atom is -0.0303 e. The van der Waals surface area contributed by atoms with Gasteiger partial charge in [0.05, 0.1) is 0 Å². The van der Waals surface area contributed by atoms with E-state index in [4.69, 9.17) is 0 Å². The Kier molecular flexibility index (Phi) is 5.45. The summed E-state index contributed by atoms with van der Waals surface area (Å²) in [6.45, 7) is 0. The molecule has 0 radical (unpaired) electrons. The monoisotopic (exact) mass is 220 g/mol. The molecule has 0 aliphatic rings. The van der Waals surface area contributed by atoms with Gasteiger partial charge in [0, 0.05) is 0 Å². The number of hydrogen-bond acceptors (Lipinski definition) is 0. The van der Waals surface area contributed by atoms with Crippen LogP contribution in [0.1, 0.15) is 0 Å². The molecule has 14 heavy (non-hydrogen) atoms. The summed E-state index contributed by atoms with van der Waals surface area (Å²) in [4.78, 5) is 0. The zero-order chi connectivity index (χ0) is 10.2. The van der Waals surface area contributed by atoms with Gasteiger partial charge >= 0.3 is 0 Å². The van der Waals surface area contributed by atoms with Crippen molar-refractivity contribution in [3.63, 3.8) is 0 Å². The molecule has 2 aromatic carbocycles. The molecule has 72 valence electrons. The van der Waals surface area contributed by atoms with E-state index < -0.39 is 0 Å². The molecule has 2 rings (SSSR count). The van der Waals surface area contributed by atoms with Crippen LogP contribution in [0, 0.1) is 0 Å². The molecule has 0 spiro atoms. The third kappa shape index (κ3) is 5.12.